The fourth-order valence-electron chi connectivity index (χ4n) is 6.92. The van der Waals surface area contributed by atoms with Crippen molar-refractivity contribution in [2.45, 2.75) is 64.6 Å². The summed E-state index contributed by atoms with van der Waals surface area (Å²) in [5, 5.41) is 21.1. The number of hydrogen-bond donors (Lipinski definition) is 2. The molecule has 0 spiro atoms. The lowest BCUT2D eigenvalue weighted by molar-refractivity contribution is -0.173. The average molecular weight is 360 g/mol. The van der Waals surface area contributed by atoms with E-state index in [2.05, 4.69) is 0 Å². The molecule has 4 rings (SSSR count). The zero-order valence-electron chi connectivity index (χ0n) is 15.7. The SMILES string of the molecule is CC(=O)[C@@]1(O)CC[C@H]2[C@@H]3C(=O)C(=O)C4C[C@H](O)C=C[C@]4(C)[C@H]3CC[C@@]21C. The van der Waals surface area contributed by atoms with Crippen molar-refractivity contribution in [1.82, 2.24) is 0 Å². The summed E-state index contributed by atoms with van der Waals surface area (Å²) in [6.45, 7) is 5.39. The maximum atomic E-state index is 13.1. The number of Topliss-reactive ketones (excluding diaryl/α,β-unsaturated/α-hetero) is 3. The Morgan fingerprint density at radius 1 is 1.12 bits per heavy atom. The van der Waals surface area contributed by atoms with E-state index in [4.69, 9.17) is 0 Å². The fourth-order valence-corrected chi connectivity index (χ4v) is 6.92. The number of hydrogen-bond acceptors (Lipinski definition) is 5. The minimum Gasteiger partial charge on any atom is -0.389 e. The zero-order chi connectivity index (χ0) is 19.1. The Balaban J connectivity index is 1.79. The summed E-state index contributed by atoms with van der Waals surface area (Å²) in [4.78, 5) is 38.3. The number of aliphatic hydroxyl groups is 2. The van der Waals surface area contributed by atoms with Gasteiger partial charge in [0.25, 0.3) is 0 Å². The Labute approximate surface area is 153 Å². The zero-order valence-corrected chi connectivity index (χ0v) is 15.7. The third kappa shape index (κ3) is 1.96. The van der Waals surface area contributed by atoms with E-state index in [0.29, 0.717) is 32.1 Å². The van der Waals surface area contributed by atoms with Crippen molar-refractivity contribution < 1.29 is 24.6 Å². The van der Waals surface area contributed by atoms with Crippen LogP contribution in [0.4, 0.5) is 0 Å². The van der Waals surface area contributed by atoms with Crippen LogP contribution < -0.4 is 0 Å². The fraction of sp³-hybridized carbons (Fsp3) is 0.762. The molecule has 2 N–H and O–H groups in total. The molecule has 3 fully saturated rings. The van der Waals surface area contributed by atoms with Gasteiger partial charge in [-0.15, -0.1) is 0 Å². The van der Waals surface area contributed by atoms with Crippen LogP contribution in [-0.2, 0) is 14.4 Å². The van der Waals surface area contributed by atoms with Crippen molar-refractivity contribution in [3.05, 3.63) is 12.2 Å². The van der Waals surface area contributed by atoms with Gasteiger partial charge in [0.15, 0.2) is 5.78 Å². The van der Waals surface area contributed by atoms with E-state index in [0.717, 1.165) is 0 Å². The van der Waals surface area contributed by atoms with Crippen molar-refractivity contribution in [2.75, 3.05) is 0 Å². The van der Waals surface area contributed by atoms with Crippen molar-refractivity contribution in [3.8, 4) is 0 Å². The lowest BCUT2D eigenvalue weighted by Gasteiger charge is -2.58. The molecule has 142 valence electrons. The maximum Gasteiger partial charge on any atom is 0.202 e. The van der Waals surface area contributed by atoms with E-state index >= 15 is 0 Å². The van der Waals surface area contributed by atoms with Crippen LogP contribution in [0.2, 0.25) is 0 Å². The smallest absolute Gasteiger partial charge is 0.202 e. The summed E-state index contributed by atoms with van der Waals surface area (Å²) in [5.41, 5.74) is -2.49. The van der Waals surface area contributed by atoms with Crippen LogP contribution in [0.25, 0.3) is 0 Å². The molecule has 0 amide bonds. The summed E-state index contributed by atoms with van der Waals surface area (Å²) in [5.74, 6) is -1.98. The van der Waals surface area contributed by atoms with Gasteiger partial charge >= 0.3 is 0 Å². The van der Waals surface area contributed by atoms with E-state index in [-0.39, 0.29) is 29.2 Å². The van der Waals surface area contributed by atoms with Crippen LogP contribution in [0, 0.1) is 34.5 Å². The number of fused-ring (bicyclic) bond motifs is 5. The predicted molar refractivity (Wildman–Crippen MR) is 94.1 cm³/mol. The number of aliphatic hydroxyl groups excluding tert-OH is 1. The highest BCUT2D eigenvalue weighted by atomic mass is 16.3. The van der Waals surface area contributed by atoms with Crippen molar-refractivity contribution in [3.63, 3.8) is 0 Å². The second-order valence-corrected chi connectivity index (χ2v) is 9.46. The highest BCUT2D eigenvalue weighted by Gasteiger charge is 2.69. The number of allylic oxidation sites excluding steroid dienone is 1. The molecule has 0 aromatic rings. The topological polar surface area (TPSA) is 91.7 Å². The molecular formula is C21H28O5. The molecule has 0 heterocycles. The van der Waals surface area contributed by atoms with E-state index in [9.17, 15) is 24.6 Å². The molecule has 1 unspecified atom stereocenters. The number of ketones is 3. The van der Waals surface area contributed by atoms with Crippen molar-refractivity contribution in [1.29, 1.82) is 0 Å². The summed E-state index contributed by atoms with van der Waals surface area (Å²) in [7, 11) is 0. The Morgan fingerprint density at radius 2 is 1.77 bits per heavy atom. The molecule has 4 aliphatic carbocycles. The Kier molecular flexibility index (Phi) is 3.72. The van der Waals surface area contributed by atoms with Crippen LogP contribution in [-0.4, -0.2) is 39.3 Å². The van der Waals surface area contributed by atoms with Crippen LogP contribution in [0.15, 0.2) is 12.2 Å². The third-order valence-corrected chi connectivity index (χ3v) is 8.57. The first-order valence-corrected chi connectivity index (χ1v) is 9.75. The molecule has 3 saturated carbocycles. The monoisotopic (exact) mass is 360 g/mol. The van der Waals surface area contributed by atoms with E-state index < -0.39 is 34.4 Å². The van der Waals surface area contributed by atoms with Gasteiger partial charge in [-0.25, -0.2) is 0 Å². The highest BCUT2D eigenvalue weighted by Crippen LogP contribution is 2.66. The van der Waals surface area contributed by atoms with Gasteiger partial charge in [0.2, 0.25) is 11.6 Å². The van der Waals surface area contributed by atoms with Crippen molar-refractivity contribution >= 4 is 17.3 Å². The summed E-state index contributed by atoms with van der Waals surface area (Å²) in [6.07, 6.45) is 5.68. The van der Waals surface area contributed by atoms with Gasteiger partial charge in [-0.2, -0.15) is 0 Å². The molecule has 26 heavy (non-hydrogen) atoms. The molecule has 5 nitrogen and oxygen atoms in total. The van der Waals surface area contributed by atoms with E-state index in [1.165, 1.54) is 6.92 Å². The second kappa shape index (κ2) is 5.35. The van der Waals surface area contributed by atoms with E-state index in [1.807, 2.05) is 19.9 Å². The minimum absolute atomic E-state index is 0.0221. The molecular weight excluding hydrogens is 332 g/mol. The van der Waals surface area contributed by atoms with Gasteiger partial charge in [-0.05, 0) is 56.3 Å². The minimum atomic E-state index is -1.40. The first-order valence-electron chi connectivity index (χ1n) is 9.75. The quantitative estimate of drug-likeness (QED) is 0.550. The molecule has 0 radical (unpaired) electrons. The molecule has 0 aromatic carbocycles. The molecule has 0 bridgehead atoms. The lowest BCUT2D eigenvalue weighted by atomic mass is 9.44. The van der Waals surface area contributed by atoms with Gasteiger partial charge in [-0.3, -0.25) is 14.4 Å². The lowest BCUT2D eigenvalue weighted by Crippen LogP contribution is -2.62. The highest BCUT2D eigenvalue weighted by molar-refractivity contribution is 6.39. The van der Waals surface area contributed by atoms with Crippen LogP contribution >= 0.6 is 0 Å². The number of carbonyl (C=O) groups excluding carboxylic acids is 3. The van der Waals surface area contributed by atoms with Gasteiger partial charge in [0, 0.05) is 17.3 Å². The van der Waals surface area contributed by atoms with Gasteiger partial charge in [0.1, 0.15) is 5.60 Å². The number of carbonyl (C=O) groups is 3. The van der Waals surface area contributed by atoms with Crippen LogP contribution in [0.5, 0.6) is 0 Å². The second-order valence-electron chi connectivity index (χ2n) is 9.46. The summed E-state index contributed by atoms with van der Waals surface area (Å²) < 4.78 is 0. The summed E-state index contributed by atoms with van der Waals surface area (Å²) >= 11 is 0. The largest absolute Gasteiger partial charge is 0.389 e. The maximum absolute atomic E-state index is 13.1. The molecule has 0 saturated heterocycles. The molecule has 0 aliphatic heterocycles. The van der Waals surface area contributed by atoms with Gasteiger partial charge in [-0.1, -0.05) is 26.0 Å². The Bertz CT molecular complexity index is 726. The van der Waals surface area contributed by atoms with Crippen LogP contribution in [0.3, 0.4) is 0 Å². The predicted octanol–water partition coefficient (Wildman–Crippen LogP) is 1.84. The van der Waals surface area contributed by atoms with E-state index in [1.54, 1.807) is 6.08 Å². The van der Waals surface area contributed by atoms with Crippen molar-refractivity contribution in [2.24, 2.45) is 34.5 Å². The molecule has 5 heteroatoms. The summed E-state index contributed by atoms with van der Waals surface area (Å²) in [6, 6.07) is 0. The number of rotatable bonds is 1. The molecule has 4 aliphatic rings. The van der Waals surface area contributed by atoms with Crippen LogP contribution in [0.1, 0.15) is 52.9 Å². The van der Waals surface area contributed by atoms with Gasteiger partial charge < -0.3 is 10.2 Å². The standard InChI is InChI=1S/C21H28O5/c1-11(22)21(26)9-6-14-16-13(5-8-20(14,21)3)19(2)7-4-12(23)10-15(19)17(24)18(16)25/h4,7,12-16,23,26H,5-6,8-10H2,1-3H3/t12-,13+,14+,15?,16-,19-,20+,21+/m1/s1. The Hall–Kier alpha value is -1.33. The average Bonchev–Trinajstić information content (AvgIpc) is 2.87. The normalized spacial score (nSPS) is 53.0. The van der Waals surface area contributed by atoms with Gasteiger partial charge in [0.05, 0.1) is 6.10 Å². The molecule has 0 aromatic heterocycles. The molecule has 8 atom stereocenters. The first kappa shape index (κ1) is 18.1. The third-order valence-electron chi connectivity index (χ3n) is 8.57. The Morgan fingerprint density at radius 3 is 2.42 bits per heavy atom. The first-order chi connectivity index (χ1) is 12.1.